The predicted molar refractivity (Wildman–Crippen MR) is 124 cm³/mol. The molecule has 0 aliphatic heterocycles. The van der Waals surface area contributed by atoms with Crippen molar-refractivity contribution in [3.63, 3.8) is 0 Å². The van der Waals surface area contributed by atoms with Gasteiger partial charge in [-0.1, -0.05) is 18.2 Å². The summed E-state index contributed by atoms with van der Waals surface area (Å²) in [5, 5.41) is 9.65. The van der Waals surface area contributed by atoms with Crippen molar-refractivity contribution in [1.29, 1.82) is 0 Å². The molecule has 0 saturated carbocycles. The van der Waals surface area contributed by atoms with E-state index in [-0.39, 0.29) is 5.91 Å². The van der Waals surface area contributed by atoms with Gasteiger partial charge in [-0.3, -0.25) is 4.79 Å². The van der Waals surface area contributed by atoms with Gasteiger partial charge in [0, 0.05) is 38.0 Å². The second kappa shape index (κ2) is 12.7. The number of anilines is 2. The molecule has 0 aliphatic carbocycles. The lowest BCUT2D eigenvalue weighted by molar-refractivity contribution is 0.102. The number of ether oxygens (including phenoxy) is 3. The highest BCUT2D eigenvalue weighted by molar-refractivity contribution is 7.80. The van der Waals surface area contributed by atoms with Crippen LogP contribution in [0.5, 0.6) is 11.5 Å². The number of benzene rings is 2. The Morgan fingerprint density at radius 3 is 2.13 bits per heavy atom. The molecule has 8 heteroatoms. The van der Waals surface area contributed by atoms with E-state index in [2.05, 4.69) is 16.0 Å². The zero-order valence-electron chi connectivity index (χ0n) is 17.6. The van der Waals surface area contributed by atoms with Gasteiger partial charge in [0.15, 0.2) is 5.11 Å². The Morgan fingerprint density at radius 2 is 1.57 bits per heavy atom. The lowest BCUT2D eigenvalue weighted by atomic mass is 10.2. The van der Waals surface area contributed by atoms with E-state index in [0.717, 1.165) is 6.42 Å². The summed E-state index contributed by atoms with van der Waals surface area (Å²) in [6, 6.07) is 12.5. The average molecular weight is 432 g/mol. The Bertz CT molecular complexity index is 831. The van der Waals surface area contributed by atoms with Gasteiger partial charge < -0.3 is 30.2 Å². The molecule has 0 aliphatic rings. The fourth-order valence-corrected chi connectivity index (χ4v) is 2.89. The number of methoxy groups -OCH3 is 1. The van der Waals surface area contributed by atoms with Crippen molar-refractivity contribution >= 4 is 34.6 Å². The van der Waals surface area contributed by atoms with E-state index in [4.69, 9.17) is 26.4 Å². The van der Waals surface area contributed by atoms with Crippen molar-refractivity contribution in [2.24, 2.45) is 0 Å². The molecule has 0 spiro atoms. The fraction of sp³-hybridized carbons (Fsp3) is 0.364. The summed E-state index contributed by atoms with van der Waals surface area (Å²) in [5.74, 6) is 0.857. The molecule has 2 rings (SSSR count). The van der Waals surface area contributed by atoms with E-state index < -0.39 is 0 Å². The molecule has 0 unspecified atom stereocenters. The van der Waals surface area contributed by atoms with E-state index in [1.54, 1.807) is 31.4 Å². The van der Waals surface area contributed by atoms with Gasteiger partial charge in [0.2, 0.25) is 0 Å². The summed E-state index contributed by atoms with van der Waals surface area (Å²) in [6.45, 7) is 6.03. The van der Waals surface area contributed by atoms with E-state index in [1.165, 1.54) is 0 Å². The SMILES string of the molecule is CCOc1cc(NC(=S)NCCCOC)c(OCC)cc1NC(=O)c1ccccc1. The number of amides is 1. The van der Waals surface area contributed by atoms with Crippen LogP contribution in [0.2, 0.25) is 0 Å². The van der Waals surface area contributed by atoms with Gasteiger partial charge in [-0.25, -0.2) is 0 Å². The zero-order chi connectivity index (χ0) is 21.8. The number of carbonyl (C=O) groups excluding carboxylic acids is 1. The van der Waals surface area contributed by atoms with E-state index in [1.807, 2.05) is 32.0 Å². The quantitative estimate of drug-likeness (QED) is 0.366. The van der Waals surface area contributed by atoms with Crippen LogP contribution in [-0.2, 0) is 4.74 Å². The summed E-state index contributed by atoms with van der Waals surface area (Å²) in [6.07, 6.45) is 0.839. The minimum absolute atomic E-state index is 0.227. The third-order valence-electron chi connectivity index (χ3n) is 4.02. The molecule has 0 bridgehead atoms. The topological polar surface area (TPSA) is 80.8 Å². The van der Waals surface area contributed by atoms with Gasteiger partial charge in [-0.2, -0.15) is 0 Å². The Kier molecular flexibility index (Phi) is 9.90. The Hall–Kier alpha value is -2.84. The first-order valence-corrected chi connectivity index (χ1v) is 10.3. The number of hydrogen-bond acceptors (Lipinski definition) is 5. The van der Waals surface area contributed by atoms with Gasteiger partial charge in [0.05, 0.1) is 24.6 Å². The van der Waals surface area contributed by atoms with Crippen molar-refractivity contribution in [2.75, 3.05) is 44.1 Å². The van der Waals surface area contributed by atoms with Gasteiger partial charge in [0.1, 0.15) is 11.5 Å². The minimum atomic E-state index is -0.227. The molecule has 30 heavy (non-hydrogen) atoms. The van der Waals surface area contributed by atoms with Crippen molar-refractivity contribution in [3.05, 3.63) is 48.0 Å². The summed E-state index contributed by atoms with van der Waals surface area (Å²) in [5.41, 5.74) is 1.74. The lowest BCUT2D eigenvalue weighted by Crippen LogP contribution is -2.30. The van der Waals surface area contributed by atoms with Crippen LogP contribution in [-0.4, -0.2) is 44.5 Å². The lowest BCUT2D eigenvalue weighted by Gasteiger charge is -2.19. The van der Waals surface area contributed by atoms with Crippen LogP contribution in [0.3, 0.4) is 0 Å². The first-order valence-electron chi connectivity index (χ1n) is 9.92. The molecule has 0 saturated heterocycles. The summed E-state index contributed by atoms with van der Waals surface area (Å²) >= 11 is 5.37. The van der Waals surface area contributed by atoms with E-state index in [9.17, 15) is 4.79 Å². The molecule has 7 nitrogen and oxygen atoms in total. The molecule has 0 atom stereocenters. The minimum Gasteiger partial charge on any atom is -0.492 e. The molecular formula is C22H29N3O4S. The van der Waals surface area contributed by atoms with Gasteiger partial charge in [0.25, 0.3) is 5.91 Å². The fourth-order valence-electron chi connectivity index (χ4n) is 2.67. The monoisotopic (exact) mass is 431 g/mol. The maximum atomic E-state index is 12.6. The van der Waals surface area contributed by atoms with Crippen LogP contribution in [0.15, 0.2) is 42.5 Å². The van der Waals surface area contributed by atoms with Crippen molar-refractivity contribution in [2.45, 2.75) is 20.3 Å². The first kappa shape index (κ1) is 23.4. The molecule has 162 valence electrons. The van der Waals surface area contributed by atoms with Crippen molar-refractivity contribution in [3.8, 4) is 11.5 Å². The Labute approximate surface area is 183 Å². The maximum Gasteiger partial charge on any atom is 0.255 e. The molecule has 2 aromatic carbocycles. The molecule has 1 amide bonds. The molecule has 0 fully saturated rings. The number of nitrogens with one attached hydrogen (secondary N) is 3. The van der Waals surface area contributed by atoms with Crippen LogP contribution in [0.25, 0.3) is 0 Å². The second-order valence-electron chi connectivity index (χ2n) is 6.26. The second-order valence-corrected chi connectivity index (χ2v) is 6.67. The zero-order valence-corrected chi connectivity index (χ0v) is 18.4. The highest BCUT2D eigenvalue weighted by Crippen LogP contribution is 2.37. The number of hydrogen-bond donors (Lipinski definition) is 3. The first-order chi connectivity index (χ1) is 14.6. The number of rotatable bonds is 11. The molecule has 0 aromatic heterocycles. The Balaban J connectivity index is 2.22. The molecule has 0 heterocycles. The Morgan fingerprint density at radius 1 is 0.967 bits per heavy atom. The normalized spacial score (nSPS) is 10.2. The predicted octanol–water partition coefficient (Wildman–Crippen LogP) is 4.06. The molecular weight excluding hydrogens is 402 g/mol. The number of thiocarbonyl (C=S) groups is 1. The highest BCUT2D eigenvalue weighted by atomic mass is 32.1. The maximum absolute atomic E-state index is 12.6. The van der Waals surface area contributed by atoms with Gasteiger partial charge in [-0.15, -0.1) is 0 Å². The van der Waals surface area contributed by atoms with Crippen molar-refractivity contribution in [1.82, 2.24) is 5.32 Å². The molecule has 3 N–H and O–H groups in total. The molecule has 2 aromatic rings. The third-order valence-corrected chi connectivity index (χ3v) is 4.27. The smallest absolute Gasteiger partial charge is 0.255 e. The summed E-state index contributed by atoms with van der Waals surface area (Å²) < 4.78 is 16.6. The van der Waals surface area contributed by atoms with Crippen LogP contribution in [0.1, 0.15) is 30.6 Å². The van der Waals surface area contributed by atoms with Crippen LogP contribution >= 0.6 is 12.2 Å². The van der Waals surface area contributed by atoms with E-state index in [0.29, 0.717) is 59.9 Å². The van der Waals surface area contributed by atoms with E-state index >= 15 is 0 Å². The van der Waals surface area contributed by atoms with Gasteiger partial charge >= 0.3 is 0 Å². The summed E-state index contributed by atoms with van der Waals surface area (Å²) in [4.78, 5) is 12.6. The standard InChI is InChI=1S/C22H29N3O4S/c1-4-28-19-15-18(25-22(30)23-12-9-13-27-3)20(29-5-2)14-17(19)24-21(26)16-10-7-6-8-11-16/h6-8,10-11,14-15H,4-5,9,12-13H2,1-3H3,(H,24,26)(H2,23,25,30). The molecule has 0 radical (unpaired) electrons. The largest absolute Gasteiger partial charge is 0.492 e. The highest BCUT2D eigenvalue weighted by Gasteiger charge is 2.16. The summed E-state index contributed by atoms with van der Waals surface area (Å²) in [7, 11) is 1.67. The van der Waals surface area contributed by atoms with Gasteiger partial charge in [-0.05, 0) is 44.6 Å². The van der Waals surface area contributed by atoms with Crippen molar-refractivity contribution < 1.29 is 19.0 Å². The average Bonchev–Trinajstić information content (AvgIpc) is 2.75. The third kappa shape index (κ3) is 7.20. The number of carbonyl (C=O) groups is 1. The van der Waals surface area contributed by atoms with Crippen LogP contribution < -0.4 is 25.4 Å². The van der Waals surface area contributed by atoms with Crippen LogP contribution in [0, 0.1) is 0 Å². The van der Waals surface area contributed by atoms with Crippen LogP contribution in [0.4, 0.5) is 11.4 Å².